The summed E-state index contributed by atoms with van der Waals surface area (Å²) >= 11 is 0. The number of allylic oxidation sites excluding steroid dienone is 2. The van der Waals surface area contributed by atoms with E-state index < -0.39 is 30.0 Å². The van der Waals surface area contributed by atoms with Gasteiger partial charge in [-0.3, -0.25) is 19.3 Å². The number of imide groups is 1. The Morgan fingerprint density at radius 1 is 1.07 bits per heavy atom. The molecule has 2 aliphatic rings. The molecule has 0 bridgehead atoms. The van der Waals surface area contributed by atoms with Crippen molar-refractivity contribution in [2.45, 2.75) is 45.8 Å². The van der Waals surface area contributed by atoms with Crippen LogP contribution in [-0.4, -0.2) is 45.6 Å². The van der Waals surface area contributed by atoms with Crippen LogP contribution >= 0.6 is 0 Å². The number of fused-ring (bicyclic) bond motifs is 2. The summed E-state index contributed by atoms with van der Waals surface area (Å²) in [5.41, 5.74) is 2.00. The zero-order chi connectivity index (χ0) is 21.6. The van der Waals surface area contributed by atoms with E-state index in [2.05, 4.69) is 4.98 Å². The van der Waals surface area contributed by atoms with Gasteiger partial charge >= 0.3 is 5.97 Å². The van der Waals surface area contributed by atoms with Gasteiger partial charge in [0.05, 0.1) is 11.8 Å². The summed E-state index contributed by atoms with van der Waals surface area (Å²) in [4.78, 5) is 55.3. The van der Waals surface area contributed by atoms with Gasteiger partial charge < -0.3 is 9.72 Å². The highest BCUT2D eigenvalue weighted by Crippen LogP contribution is 2.36. The van der Waals surface area contributed by atoms with Crippen molar-refractivity contribution in [1.29, 1.82) is 0 Å². The minimum Gasteiger partial charge on any atom is -0.453 e. The minimum absolute atomic E-state index is 0.331. The van der Waals surface area contributed by atoms with Crippen molar-refractivity contribution < 1.29 is 23.9 Å². The molecular weight excluding hydrogens is 384 g/mol. The second kappa shape index (κ2) is 7.55. The molecule has 156 valence electrons. The summed E-state index contributed by atoms with van der Waals surface area (Å²) in [6.07, 6.45) is 3.74. The number of ether oxygens (including phenoxy) is 1. The third-order valence-corrected chi connectivity index (χ3v) is 6.07. The largest absolute Gasteiger partial charge is 0.453 e. The van der Waals surface area contributed by atoms with Crippen LogP contribution in [0.5, 0.6) is 0 Å². The van der Waals surface area contributed by atoms with Crippen molar-refractivity contribution in [2.75, 3.05) is 0 Å². The molecule has 1 aliphatic carbocycles. The van der Waals surface area contributed by atoms with Crippen LogP contribution in [0.3, 0.4) is 0 Å². The standard InChI is InChI=1S/C23H24N2O5/c1-12-19(17-10-6-7-11-18(17)24-12)20(26)14(3)30-23(29)13(2)25-21(27)15-8-4-5-9-16(15)22(25)28/h4-7,10-11,13-16,24H,8-9H2,1-3H3/t13-,14+,15-,16-/m0/s1. The van der Waals surface area contributed by atoms with E-state index in [1.165, 1.54) is 13.8 Å². The van der Waals surface area contributed by atoms with Gasteiger partial charge in [0.25, 0.3) is 0 Å². The highest BCUT2D eigenvalue weighted by atomic mass is 16.5. The smallest absolute Gasteiger partial charge is 0.329 e. The number of esters is 1. The molecule has 1 N–H and O–H groups in total. The fraction of sp³-hybridized carbons (Fsp3) is 0.391. The number of carbonyl (C=O) groups is 4. The van der Waals surface area contributed by atoms with E-state index >= 15 is 0 Å². The number of carbonyl (C=O) groups excluding carboxylic acids is 4. The first kappa shape index (κ1) is 20.1. The maximum absolute atomic E-state index is 13.0. The van der Waals surface area contributed by atoms with Crippen LogP contribution in [0.2, 0.25) is 0 Å². The molecule has 2 aromatic rings. The van der Waals surface area contributed by atoms with Crippen LogP contribution in [0.4, 0.5) is 0 Å². The first-order valence-corrected chi connectivity index (χ1v) is 10.1. The zero-order valence-electron chi connectivity index (χ0n) is 17.2. The Labute approximate surface area is 174 Å². The Kier molecular flexibility index (Phi) is 5.05. The van der Waals surface area contributed by atoms with Crippen molar-refractivity contribution in [1.82, 2.24) is 9.88 Å². The quantitative estimate of drug-likeness (QED) is 0.355. The Bertz CT molecular complexity index is 1060. The molecular formula is C23H24N2O5. The normalized spacial score (nSPS) is 22.8. The van der Waals surface area contributed by atoms with E-state index in [-0.39, 0.29) is 17.6 Å². The molecule has 1 aliphatic heterocycles. The molecule has 4 rings (SSSR count). The highest BCUT2D eigenvalue weighted by Gasteiger charge is 2.50. The number of hydrogen-bond acceptors (Lipinski definition) is 5. The number of hydrogen-bond donors (Lipinski definition) is 1. The number of likely N-dealkylation sites (tertiary alicyclic amines) is 1. The average Bonchev–Trinajstić information content (AvgIpc) is 3.20. The predicted molar refractivity (Wildman–Crippen MR) is 110 cm³/mol. The Hall–Kier alpha value is -3.22. The predicted octanol–water partition coefficient (Wildman–Crippen LogP) is 2.93. The number of nitrogens with zero attached hydrogens (tertiary/aromatic N) is 1. The lowest BCUT2D eigenvalue weighted by Gasteiger charge is -2.23. The van der Waals surface area contributed by atoms with Gasteiger partial charge in [-0.05, 0) is 39.7 Å². The van der Waals surface area contributed by atoms with Gasteiger partial charge in [-0.1, -0.05) is 30.4 Å². The van der Waals surface area contributed by atoms with Crippen LogP contribution in [-0.2, 0) is 19.1 Å². The summed E-state index contributed by atoms with van der Waals surface area (Å²) in [5, 5.41) is 0.762. The molecule has 0 radical (unpaired) electrons. The Morgan fingerprint density at radius 3 is 2.30 bits per heavy atom. The van der Waals surface area contributed by atoms with Gasteiger partial charge in [0.15, 0.2) is 6.10 Å². The van der Waals surface area contributed by atoms with Gasteiger partial charge in [-0.15, -0.1) is 0 Å². The van der Waals surface area contributed by atoms with E-state index in [0.29, 0.717) is 24.1 Å². The fourth-order valence-electron chi connectivity index (χ4n) is 4.44. The number of para-hydroxylation sites is 1. The third-order valence-electron chi connectivity index (χ3n) is 6.07. The summed E-state index contributed by atoms with van der Waals surface area (Å²) in [7, 11) is 0. The van der Waals surface area contributed by atoms with Crippen molar-refractivity contribution >= 4 is 34.5 Å². The maximum Gasteiger partial charge on any atom is 0.329 e. The average molecular weight is 408 g/mol. The molecule has 30 heavy (non-hydrogen) atoms. The molecule has 4 atom stereocenters. The van der Waals surface area contributed by atoms with Crippen LogP contribution in [0.25, 0.3) is 10.9 Å². The van der Waals surface area contributed by atoms with E-state index in [1.54, 1.807) is 6.92 Å². The third kappa shape index (κ3) is 3.14. The second-order valence-electron chi connectivity index (χ2n) is 7.99. The van der Waals surface area contributed by atoms with Crippen LogP contribution in [0.15, 0.2) is 36.4 Å². The first-order valence-electron chi connectivity index (χ1n) is 10.1. The molecule has 0 saturated carbocycles. The lowest BCUT2D eigenvalue weighted by Crippen LogP contribution is -2.45. The Balaban J connectivity index is 1.49. The molecule has 1 aromatic carbocycles. The second-order valence-corrected chi connectivity index (χ2v) is 7.99. The van der Waals surface area contributed by atoms with Gasteiger partial charge in [-0.25, -0.2) is 4.79 Å². The number of H-pyrrole nitrogens is 1. The van der Waals surface area contributed by atoms with E-state index in [0.717, 1.165) is 15.8 Å². The van der Waals surface area contributed by atoms with Gasteiger partial charge in [0, 0.05) is 22.2 Å². The van der Waals surface area contributed by atoms with E-state index in [9.17, 15) is 19.2 Å². The molecule has 1 fully saturated rings. The maximum atomic E-state index is 13.0. The summed E-state index contributed by atoms with van der Waals surface area (Å²) < 4.78 is 5.40. The number of aromatic nitrogens is 1. The van der Waals surface area contributed by atoms with Crippen molar-refractivity contribution in [2.24, 2.45) is 11.8 Å². The number of rotatable bonds is 5. The number of aryl methyl sites for hydroxylation is 1. The minimum atomic E-state index is -1.07. The van der Waals surface area contributed by atoms with Gasteiger partial charge in [0.1, 0.15) is 6.04 Å². The molecule has 7 nitrogen and oxygen atoms in total. The molecule has 2 heterocycles. The highest BCUT2D eigenvalue weighted by molar-refractivity contribution is 6.12. The van der Waals surface area contributed by atoms with Crippen LogP contribution < -0.4 is 0 Å². The number of aromatic amines is 1. The van der Waals surface area contributed by atoms with E-state index in [4.69, 9.17) is 4.74 Å². The Morgan fingerprint density at radius 2 is 1.67 bits per heavy atom. The van der Waals surface area contributed by atoms with Crippen molar-refractivity contribution in [3.05, 3.63) is 47.7 Å². The number of Topliss-reactive ketones (excluding diaryl/α,β-unsaturated/α-hetero) is 1. The molecule has 2 amide bonds. The summed E-state index contributed by atoms with van der Waals surface area (Å²) in [5.74, 6) is -2.60. The van der Waals surface area contributed by atoms with E-state index in [1.807, 2.05) is 36.4 Å². The molecule has 0 unspecified atom stereocenters. The molecule has 1 aromatic heterocycles. The zero-order valence-corrected chi connectivity index (χ0v) is 17.2. The summed E-state index contributed by atoms with van der Waals surface area (Å²) in [6.45, 7) is 4.77. The van der Waals surface area contributed by atoms with Crippen molar-refractivity contribution in [3.8, 4) is 0 Å². The van der Waals surface area contributed by atoms with Crippen LogP contribution in [0.1, 0.15) is 42.7 Å². The molecule has 0 spiro atoms. The first-order chi connectivity index (χ1) is 14.3. The van der Waals surface area contributed by atoms with Gasteiger partial charge in [0.2, 0.25) is 17.6 Å². The van der Waals surface area contributed by atoms with Crippen molar-refractivity contribution in [3.63, 3.8) is 0 Å². The van der Waals surface area contributed by atoms with Gasteiger partial charge in [-0.2, -0.15) is 0 Å². The SMILES string of the molecule is Cc1[nH]c2ccccc2c1C(=O)[C@@H](C)OC(=O)[C@H](C)N1C(=O)[C@H]2CC=CC[C@@H]2C1=O. The summed E-state index contributed by atoms with van der Waals surface area (Å²) in [6, 6.07) is 6.34. The number of ketones is 1. The fourth-order valence-corrected chi connectivity index (χ4v) is 4.44. The number of benzene rings is 1. The lowest BCUT2D eigenvalue weighted by molar-refractivity contribution is -0.159. The number of amides is 2. The monoisotopic (exact) mass is 408 g/mol. The molecule has 7 heteroatoms. The number of nitrogens with one attached hydrogen (secondary N) is 1. The molecule has 1 saturated heterocycles. The topological polar surface area (TPSA) is 96.5 Å². The van der Waals surface area contributed by atoms with Crippen LogP contribution in [0, 0.1) is 18.8 Å². The lowest BCUT2D eigenvalue weighted by atomic mass is 9.85.